The number of aryl methyl sites for hydroxylation is 1. The molecule has 1 aliphatic heterocycles. The number of hydrogen-bond acceptors (Lipinski definition) is 2. The number of halogens is 1. The number of hydrogen-bond donors (Lipinski definition) is 2. The molecule has 30 heavy (non-hydrogen) atoms. The van der Waals surface area contributed by atoms with Crippen LogP contribution in [-0.4, -0.2) is 41.3 Å². The number of carbonyl (C=O) groups excluding carboxylic acids is 2. The molecule has 1 atom stereocenters. The van der Waals surface area contributed by atoms with Crippen molar-refractivity contribution in [1.29, 1.82) is 0 Å². The topological polar surface area (TPSA) is 65.2 Å². The van der Waals surface area contributed by atoms with Crippen molar-refractivity contribution >= 4 is 22.7 Å². The molecule has 0 spiro atoms. The van der Waals surface area contributed by atoms with Gasteiger partial charge in [0.1, 0.15) is 5.82 Å². The largest absolute Gasteiger partial charge is 0.361 e. The summed E-state index contributed by atoms with van der Waals surface area (Å²) in [6, 6.07) is 12.6. The molecule has 156 valence electrons. The molecule has 2 amide bonds. The number of fused-ring (bicyclic) bond motifs is 1. The molecule has 1 unspecified atom stereocenters. The molecule has 0 radical (unpaired) electrons. The fourth-order valence-electron chi connectivity index (χ4n) is 4.04. The van der Waals surface area contributed by atoms with Gasteiger partial charge in [-0.3, -0.25) is 9.59 Å². The summed E-state index contributed by atoms with van der Waals surface area (Å²) in [6.07, 6.45) is 3.64. The quantitative estimate of drug-likeness (QED) is 0.631. The fourth-order valence-corrected chi connectivity index (χ4v) is 4.04. The Bertz CT molecular complexity index is 1060. The van der Waals surface area contributed by atoms with Gasteiger partial charge in [0.25, 0.3) is 0 Å². The van der Waals surface area contributed by atoms with Crippen LogP contribution in [0.3, 0.4) is 0 Å². The summed E-state index contributed by atoms with van der Waals surface area (Å²) in [5.74, 6) is -0.639. The Morgan fingerprint density at radius 2 is 2.00 bits per heavy atom. The lowest BCUT2D eigenvalue weighted by Crippen LogP contribution is -2.34. The normalized spacial score (nSPS) is 16.4. The maximum absolute atomic E-state index is 13.0. The smallest absolute Gasteiger partial charge is 0.225 e. The van der Waals surface area contributed by atoms with E-state index in [2.05, 4.69) is 35.4 Å². The summed E-state index contributed by atoms with van der Waals surface area (Å²) in [5, 5.41) is 4.18. The summed E-state index contributed by atoms with van der Waals surface area (Å²) in [5.41, 5.74) is 4.46. The number of H-pyrrole nitrogens is 1. The number of aromatic nitrogens is 1. The maximum atomic E-state index is 13.0. The third-order valence-electron chi connectivity index (χ3n) is 5.79. The minimum Gasteiger partial charge on any atom is -0.361 e. The minimum atomic E-state index is -0.309. The van der Waals surface area contributed by atoms with Crippen LogP contribution in [0.2, 0.25) is 0 Å². The highest BCUT2D eigenvalue weighted by atomic mass is 19.1. The van der Waals surface area contributed by atoms with Crippen LogP contribution in [0, 0.1) is 18.7 Å². The SMILES string of the molecule is Cc1ccc2[nH]cc(CCNC(=O)C3CC(=O)N(CCc4ccc(F)cc4)C3)c2c1. The van der Waals surface area contributed by atoms with Crippen molar-refractivity contribution < 1.29 is 14.0 Å². The molecular weight excluding hydrogens is 381 g/mol. The van der Waals surface area contributed by atoms with E-state index in [0.717, 1.165) is 17.5 Å². The second kappa shape index (κ2) is 8.69. The first-order chi connectivity index (χ1) is 14.5. The van der Waals surface area contributed by atoms with Crippen molar-refractivity contribution in [2.24, 2.45) is 5.92 Å². The van der Waals surface area contributed by atoms with Gasteiger partial charge in [-0.05, 0) is 55.2 Å². The summed E-state index contributed by atoms with van der Waals surface area (Å²) in [6.45, 7) is 3.60. The van der Waals surface area contributed by atoms with Gasteiger partial charge in [-0.15, -0.1) is 0 Å². The van der Waals surface area contributed by atoms with Crippen molar-refractivity contribution in [2.75, 3.05) is 19.6 Å². The van der Waals surface area contributed by atoms with E-state index in [0.29, 0.717) is 26.1 Å². The van der Waals surface area contributed by atoms with Gasteiger partial charge in [-0.2, -0.15) is 0 Å². The van der Waals surface area contributed by atoms with Crippen LogP contribution >= 0.6 is 0 Å². The van der Waals surface area contributed by atoms with Crippen LogP contribution < -0.4 is 5.32 Å². The third-order valence-corrected chi connectivity index (χ3v) is 5.79. The zero-order chi connectivity index (χ0) is 21.1. The third kappa shape index (κ3) is 4.53. The van der Waals surface area contributed by atoms with Crippen molar-refractivity contribution in [3.05, 3.63) is 71.2 Å². The van der Waals surface area contributed by atoms with E-state index in [4.69, 9.17) is 0 Å². The number of rotatable bonds is 7. The first kappa shape index (κ1) is 20.1. The van der Waals surface area contributed by atoms with Crippen LogP contribution in [0.15, 0.2) is 48.7 Å². The molecular formula is C24H26FN3O2. The van der Waals surface area contributed by atoms with Crippen molar-refractivity contribution in [1.82, 2.24) is 15.2 Å². The number of nitrogens with zero attached hydrogens (tertiary/aromatic N) is 1. The van der Waals surface area contributed by atoms with Gasteiger partial charge in [0, 0.05) is 43.2 Å². The molecule has 0 saturated carbocycles. The van der Waals surface area contributed by atoms with Crippen LogP contribution in [0.5, 0.6) is 0 Å². The minimum absolute atomic E-state index is 0.00404. The number of carbonyl (C=O) groups is 2. The molecule has 2 heterocycles. The second-order valence-electron chi connectivity index (χ2n) is 8.02. The van der Waals surface area contributed by atoms with Gasteiger partial charge in [-0.25, -0.2) is 4.39 Å². The Kier molecular flexibility index (Phi) is 5.84. The predicted octanol–water partition coefficient (Wildman–Crippen LogP) is 3.37. The summed E-state index contributed by atoms with van der Waals surface area (Å²) in [4.78, 5) is 29.8. The Morgan fingerprint density at radius 1 is 1.20 bits per heavy atom. The van der Waals surface area contributed by atoms with Crippen LogP contribution in [-0.2, 0) is 22.4 Å². The van der Waals surface area contributed by atoms with Gasteiger partial charge in [0.15, 0.2) is 0 Å². The summed E-state index contributed by atoms with van der Waals surface area (Å²) >= 11 is 0. The van der Waals surface area contributed by atoms with Crippen molar-refractivity contribution in [2.45, 2.75) is 26.2 Å². The number of likely N-dealkylation sites (tertiary alicyclic amines) is 1. The fraction of sp³-hybridized carbons (Fsp3) is 0.333. The molecule has 5 nitrogen and oxygen atoms in total. The number of benzene rings is 2. The lowest BCUT2D eigenvalue weighted by Gasteiger charge is -2.16. The van der Waals surface area contributed by atoms with Crippen LogP contribution in [0.25, 0.3) is 10.9 Å². The van der Waals surface area contributed by atoms with Gasteiger partial charge in [-0.1, -0.05) is 23.8 Å². The lowest BCUT2D eigenvalue weighted by molar-refractivity contribution is -0.129. The standard InChI is InChI=1S/C24H26FN3O2/c1-16-2-7-22-21(12-16)18(14-27-22)8-10-26-24(30)19-13-23(29)28(15-19)11-9-17-3-5-20(25)6-4-17/h2-7,12,14,19,27H,8-11,13,15H2,1H3,(H,26,30). The van der Waals surface area contributed by atoms with E-state index >= 15 is 0 Å². The van der Waals surface area contributed by atoms with E-state index < -0.39 is 0 Å². The molecule has 3 aromatic rings. The van der Waals surface area contributed by atoms with Crippen molar-refractivity contribution in [3.8, 4) is 0 Å². The van der Waals surface area contributed by atoms with E-state index in [1.807, 2.05) is 6.20 Å². The average Bonchev–Trinajstić information content (AvgIpc) is 3.30. The van der Waals surface area contributed by atoms with Crippen LogP contribution in [0.4, 0.5) is 4.39 Å². The first-order valence-corrected chi connectivity index (χ1v) is 10.4. The van der Waals surface area contributed by atoms with Gasteiger partial charge >= 0.3 is 0 Å². The molecule has 6 heteroatoms. The lowest BCUT2D eigenvalue weighted by atomic mass is 10.1. The Hall–Kier alpha value is -3.15. The molecule has 2 aromatic carbocycles. The van der Waals surface area contributed by atoms with E-state index in [1.165, 1.54) is 28.6 Å². The second-order valence-corrected chi connectivity index (χ2v) is 8.02. The van der Waals surface area contributed by atoms with Crippen molar-refractivity contribution in [3.63, 3.8) is 0 Å². The molecule has 4 rings (SSSR count). The van der Waals surface area contributed by atoms with E-state index in [1.54, 1.807) is 17.0 Å². The van der Waals surface area contributed by atoms with Gasteiger partial charge < -0.3 is 15.2 Å². The molecule has 1 fully saturated rings. The molecule has 1 aliphatic rings. The van der Waals surface area contributed by atoms with E-state index in [9.17, 15) is 14.0 Å². The van der Waals surface area contributed by atoms with Crippen LogP contribution in [0.1, 0.15) is 23.1 Å². The summed E-state index contributed by atoms with van der Waals surface area (Å²) < 4.78 is 13.0. The molecule has 0 aliphatic carbocycles. The number of amides is 2. The number of aromatic amines is 1. The zero-order valence-electron chi connectivity index (χ0n) is 17.1. The van der Waals surface area contributed by atoms with E-state index in [-0.39, 0.29) is 30.0 Å². The molecule has 1 aromatic heterocycles. The highest BCUT2D eigenvalue weighted by molar-refractivity contribution is 5.89. The highest BCUT2D eigenvalue weighted by Crippen LogP contribution is 2.21. The van der Waals surface area contributed by atoms with Gasteiger partial charge in [0.2, 0.25) is 11.8 Å². The molecule has 1 saturated heterocycles. The monoisotopic (exact) mass is 407 g/mol. The Morgan fingerprint density at radius 3 is 2.80 bits per heavy atom. The average molecular weight is 407 g/mol. The molecule has 2 N–H and O–H groups in total. The Labute approximate surface area is 175 Å². The summed E-state index contributed by atoms with van der Waals surface area (Å²) in [7, 11) is 0. The number of nitrogens with one attached hydrogen (secondary N) is 2. The molecule has 0 bridgehead atoms. The maximum Gasteiger partial charge on any atom is 0.225 e. The first-order valence-electron chi connectivity index (χ1n) is 10.4. The Balaban J connectivity index is 1.26. The highest BCUT2D eigenvalue weighted by Gasteiger charge is 2.33. The zero-order valence-corrected chi connectivity index (χ0v) is 17.1. The van der Waals surface area contributed by atoms with Gasteiger partial charge in [0.05, 0.1) is 5.92 Å². The predicted molar refractivity (Wildman–Crippen MR) is 115 cm³/mol.